The van der Waals surface area contributed by atoms with Crippen LogP contribution in [0.2, 0.25) is 0 Å². The average molecular weight is 476 g/mol. The second kappa shape index (κ2) is 12.5. The minimum absolute atomic E-state index is 0.129. The minimum Gasteiger partial charge on any atom is -0.439 e. The molecule has 7 nitrogen and oxygen atoms in total. The Hall–Kier alpha value is -3.15. The number of nitrogens with zero attached hydrogens (tertiary/aromatic N) is 3. The van der Waals surface area contributed by atoms with E-state index in [0.717, 1.165) is 42.0 Å². The molecule has 35 heavy (non-hydrogen) atoms. The SMILES string of the molecule is C#CCOC[C@H](O)CN(Cc1c(-c2ccccc2)nn(C)c1Oc1ccccc1)C[C@@H]1CCCO1. The van der Waals surface area contributed by atoms with Gasteiger partial charge in [-0.05, 0) is 25.0 Å². The van der Waals surface area contributed by atoms with Gasteiger partial charge < -0.3 is 19.3 Å². The van der Waals surface area contributed by atoms with Gasteiger partial charge in [0.25, 0.3) is 0 Å². The van der Waals surface area contributed by atoms with E-state index < -0.39 is 6.10 Å². The Bertz CT molecular complexity index is 1090. The lowest BCUT2D eigenvalue weighted by atomic mass is 10.1. The molecule has 2 heterocycles. The summed E-state index contributed by atoms with van der Waals surface area (Å²) >= 11 is 0. The van der Waals surface area contributed by atoms with Crippen molar-refractivity contribution in [3.05, 3.63) is 66.2 Å². The van der Waals surface area contributed by atoms with Crippen LogP contribution in [0.15, 0.2) is 60.7 Å². The lowest BCUT2D eigenvalue weighted by molar-refractivity contribution is 0.00943. The van der Waals surface area contributed by atoms with E-state index in [1.165, 1.54) is 0 Å². The van der Waals surface area contributed by atoms with Crippen LogP contribution in [0.5, 0.6) is 11.6 Å². The Morgan fingerprint density at radius 1 is 1.20 bits per heavy atom. The summed E-state index contributed by atoms with van der Waals surface area (Å²) in [6.45, 7) is 2.78. The predicted octanol–water partition coefficient (Wildman–Crippen LogP) is 3.87. The number of aromatic nitrogens is 2. The molecule has 1 N–H and O–H groups in total. The highest BCUT2D eigenvalue weighted by Crippen LogP contribution is 2.34. The maximum absolute atomic E-state index is 10.7. The Kier molecular flexibility index (Phi) is 8.93. The zero-order valence-corrected chi connectivity index (χ0v) is 20.2. The fraction of sp³-hybridized carbons (Fsp3) is 0.393. The molecule has 0 saturated carbocycles. The van der Waals surface area contributed by atoms with Crippen LogP contribution in [0.1, 0.15) is 18.4 Å². The first kappa shape index (κ1) is 25.0. The average Bonchev–Trinajstić information content (AvgIpc) is 3.49. The van der Waals surface area contributed by atoms with E-state index in [0.29, 0.717) is 25.5 Å². The summed E-state index contributed by atoms with van der Waals surface area (Å²) < 4.78 is 19.4. The minimum atomic E-state index is -0.680. The van der Waals surface area contributed by atoms with Crippen molar-refractivity contribution in [2.45, 2.75) is 31.6 Å². The maximum Gasteiger partial charge on any atom is 0.222 e. The van der Waals surface area contributed by atoms with Crippen LogP contribution >= 0.6 is 0 Å². The molecule has 1 aromatic heterocycles. The molecule has 4 rings (SSSR count). The molecule has 2 aromatic carbocycles. The van der Waals surface area contributed by atoms with E-state index >= 15 is 0 Å². The second-order valence-electron chi connectivity index (χ2n) is 8.74. The summed E-state index contributed by atoms with van der Waals surface area (Å²) in [6.07, 6.45) is 6.78. The fourth-order valence-electron chi connectivity index (χ4n) is 4.36. The van der Waals surface area contributed by atoms with Crippen LogP contribution in [0.25, 0.3) is 11.3 Å². The molecule has 2 atom stereocenters. The van der Waals surface area contributed by atoms with Gasteiger partial charge in [-0.2, -0.15) is 5.10 Å². The normalized spacial score (nSPS) is 16.3. The Labute approximate surface area is 207 Å². The number of benzene rings is 2. The molecule has 1 aliphatic rings. The van der Waals surface area contributed by atoms with E-state index in [2.05, 4.69) is 10.8 Å². The van der Waals surface area contributed by atoms with Crippen LogP contribution < -0.4 is 4.74 Å². The quantitative estimate of drug-likeness (QED) is 0.317. The summed E-state index contributed by atoms with van der Waals surface area (Å²) in [7, 11) is 1.89. The fourth-order valence-corrected chi connectivity index (χ4v) is 4.36. The third-order valence-corrected chi connectivity index (χ3v) is 5.93. The number of hydrogen-bond donors (Lipinski definition) is 1. The molecule has 0 aliphatic carbocycles. The number of rotatable bonds is 12. The van der Waals surface area contributed by atoms with Crippen LogP contribution in [0.3, 0.4) is 0 Å². The Morgan fingerprint density at radius 3 is 2.63 bits per heavy atom. The molecule has 1 fully saturated rings. The second-order valence-corrected chi connectivity index (χ2v) is 8.74. The smallest absolute Gasteiger partial charge is 0.222 e. The van der Waals surface area contributed by atoms with E-state index in [1.54, 1.807) is 4.68 Å². The molecule has 3 aromatic rings. The molecule has 0 amide bonds. The molecule has 1 aliphatic heterocycles. The van der Waals surface area contributed by atoms with Crippen molar-refractivity contribution in [1.29, 1.82) is 0 Å². The molecule has 1 saturated heterocycles. The molecule has 184 valence electrons. The first-order valence-corrected chi connectivity index (χ1v) is 12.0. The van der Waals surface area contributed by atoms with Crippen molar-refractivity contribution in [3.63, 3.8) is 0 Å². The van der Waals surface area contributed by atoms with Crippen LogP contribution in [0, 0.1) is 12.3 Å². The first-order chi connectivity index (χ1) is 17.1. The summed E-state index contributed by atoms with van der Waals surface area (Å²) in [6, 6.07) is 19.8. The van der Waals surface area contributed by atoms with E-state index in [1.807, 2.05) is 67.7 Å². The van der Waals surface area contributed by atoms with Gasteiger partial charge in [0.1, 0.15) is 18.1 Å². The molecule has 7 heteroatoms. The number of ether oxygens (including phenoxy) is 3. The largest absolute Gasteiger partial charge is 0.439 e. The van der Waals surface area contributed by atoms with Gasteiger partial charge in [0, 0.05) is 38.9 Å². The number of aliphatic hydroxyl groups excluding tert-OH is 1. The highest BCUT2D eigenvalue weighted by atomic mass is 16.5. The molecule has 0 spiro atoms. The number of aryl methyl sites for hydroxylation is 1. The van der Waals surface area contributed by atoms with Crippen molar-refractivity contribution in [3.8, 4) is 35.2 Å². The van der Waals surface area contributed by atoms with E-state index in [4.69, 9.17) is 25.7 Å². The Balaban J connectivity index is 1.64. The van der Waals surface area contributed by atoms with Crippen molar-refractivity contribution < 1.29 is 19.3 Å². The van der Waals surface area contributed by atoms with Gasteiger partial charge in [-0.1, -0.05) is 54.5 Å². The van der Waals surface area contributed by atoms with Gasteiger partial charge in [0.05, 0.1) is 24.4 Å². The topological polar surface area (TPSA) is 69.0 Å². The zero-order valence-electron chi connectivity index (χ0n) is 20.2. The van der Waals surface area contributed by atoms with Crippen molar-refractivity contribution in [2.24, 2.45) is 7.05 Å². The van der Waals surface area contributed by atoms with Gasteiger partial charge in [-0.3, -0.25) is 4.90 Å². The van der Waals surface area contributed by atoms with Gasteiger partial charge in [-0.15, -0.1) is 6.42 Å². The van der Waals surface area contributed by atoms with Gasteiger partial charge >= 0.3 is 0 Å². The third kappa shape index (κ3) is 6.93. The maximum atomic E-state index is 10.7. The summed E-state index contributed by atoms with van der Waals surface area (Å²) in [4.78, 5) is 2.20. The zero-order chi connectivity index (χ0) is 24.5. The monoisotopic (exact) mass is 475 g/mol. The van der Waals surface area contributed by atoms with Crippen LogP contribution in [-0.2, 0) is 23.1 Å². The summed E-state index contributed by atoms with van der Waals surface area (Å²) in [5, 5.41) is 15.5. The van der Waals surface area contributed by atoms with Crippen LogP contribution in [-0.4, -0.2) is 64.9 Å². The lowest BCUT2D eigenvalue weighted by Gasteiger charge is -2.27. The first-order valence-electron chi connectivity index (χ1n) is 12.0. The third-order valence-electron chi connectivity index (χ3n) is 5.93. The standard InChI is InChI=1S/C28H33N3O4/c1-3-16-33-21-23(32)18-31(19-25-15-10-17-34-25)20-26-27(22-11-6-4-7-12-22)29-30(2)28(26)35-24-13-8-5-9-14-24/h1,4-9,11-14,23,25,32H,10,15-21H2,2H3/t23-,25+/m1/s1. The molecule has 0 radical (unpaired) electrons. The van der Waals surface area contributed by atoms with Gasteiger partial charge in [-0.25, -0.2) is 4.68 Å². The highest BCUT2D eigenvalue weighted by Gasteiger charge is 2.26. The number of para-hydroxylation sites is 1. The molecule has 0 bridgehead atoms. The Morgan fingerprint density at radius 2 is 1.94 bits per heavy atom. The highest BCUT2D eigenvalue weighted by molar-refractivity contribution is 5.65. The van der Waals surface area contributed by atoms with E-state index in [9.17, 15) is 5.11 Å². The number of terminal acetylenes is 1. The molecule has 0 unspecified atom stereocenters. The van der Waals surface area contributed by atoms with Crippen molar-refractivity contribution in [1.82, 2.24) is 14.7 Å². The predicted molar refractivity (Wildman–Crippen MR) is 135 cm³/mol. The number of aliphatic hydroxyl groups is 1. The van der Waals surface area contributed by atoms with Gasteiger partial charge in [0.15, 0.2) is 0 Å². The van der Waals surface area contributed by atoms with Crippen molar-refractivity contribution >= 4 is 0 Å². The molecular formula is C28H33N3O4. The molecular weight excluding hydrogens is 442 g/mol. The number of hydrogen-bond acceptors (Lipinski definition) is 6. The van der Waals surface area contributed by atoms with Gasteiger partial charge in [0.2, 0.25) is 5.88 Å². The summed E-state index contributed by atoms with van der Waals surface area (Å²) in [5.74, 6) is 3.85. The summed E-state index contributed by atoms with van der Waals surface area (Å²) in [5.41, 5.74) is 2.82. The van der Waals surface area contributed by atoms with E-state index in [-0.39, 0.29) is 19.3 Å². The van der Waals surface area contributed by atoms with Crippen LogP contribution in [0.4, 0.5) is 0 Å². The lowest BCUT2D eigenvalue weighted by Crippen LogP contribution is -2.39. The van der Waals surface area contributed by atoms with Crippen molar-refractivity contribution in [2.75, 3.05) is 32.9 Å².